The number of nitrogens with one attached hydrogen (secondary N) is 1. The second kappa shape index (κ2) is 4.44. The minimum atomic E-state index is -4.32. The number of alkyl halides is 3. The topological polar surface area (TPSA) is 29.1 Å². The Morgan fingerprint density at radius 1 is 1.24 bits per heavy atom. The van der Waals surface area contributed by atoms with Gasteiger partial charge in [-0.25, -0.2) is 0 Å². The van der Waals surface area contributed by atoms with Gasteiger partial charge >= 0.3 is 6.18 Å². The summed E-state index contributed by atoms with van der Waals surface area (Å²) >= 11 is 1.29. The molecule has 6 heteroatoms. The molecular formula is C11H8F3NOS. The van der Waals surface area contributed by atoms with Gasteiger partial charge in [0.25, 0.3) is 0 Å². The number of halogens is 3. The summed E-state index contributed by atoms with van der Waals surface area (Å²) < 4.78 is 37.0. The van der Waals surface area contributed by atoms with Crippen molar-refractivity contribution < 1.29 is 18.0 Å². The molecule has 1 unspecified atom stereocenters. The Bertz CT molecular complexity index is 453. The number of hydrogen-bond donors (Lipinski definition) is 1. The Hall–Kier alpha value is -1.43. The molecular weight excluding hydrogens is 251 g/mol. The molecule has 1 heterocycles. The van der Waals surface area contributed by atoms with Crippen LogP contribution in [0.3, 0.4) is 0 Å². The summed E-state index contributed by atoms with van der Waals surface area (Å²) in [7, 11) is 0. The van der Waals surface area contributed by atoms with Gasteiger partial charge in [0.15, 0.2) is 6.29 Å². The monoisotopic (exact) mass is 259 g/mol. The van der Waals surface area contributed by atoms with Crippen molar-refractivity contribution in [3.05, 3.63) is 40.8 Å². The van der Waals surface area contributed by atoms with Gasteiger partial charge in [0.05, 0.1) is 5.56 Å². The number of carbonyl (C=O) groups is 1. The lowest BCUT2D eigenvalue weighted by molar-refractivity contribution is -0.137. The Balaban J connectivity index is 2.17. The van der Waals surface area contributed by atoms with Crippen LogP contribution in [0.1, 0.15) is 11.1 Å². The van der Waals surface area contributed by atoms with Gasteiger partial charge < -0.3 is 10.1 Å². The molecule has 0 fully saturated rings. The Labute approximate surface area is 99.9 Å². The van der Waals surface area contributed by atoms with Gasteiger partial charge in [-0.15, -0.1) is 0 Å². The summed E-state index contributed by atoms with van der Waals surface area (Å²) in [5.74, 6) is 0. The second-order valence-electron chi connectivity index (χ2n) is 3.44. The van der Waals surface area contributed by atoms with Crippen LogP contribution < -0.4 is 5.32 Å². The fourth-order valence-corrected chi connectivity index (χ4v) is 2.16. The Kier molecular flexibility index (Phi) is 3.15. The van der Waals surface area contributed by atoms with Crippen molar-refractivity contribution in [2.75, 3.05) is 0 Å². The molecule has 0 aromatic heterocycles. The molecule has 0 saturated heterocycles. The lowest BCUT2D eigenvalue weighted by atomic mass is 10.1. The molecule has 0 aliphatic carbocycles. The van der Waals surface area contributed by atoms with Crippen molar-refractivity contribution in [2.45, 2.75) is 11.6 Å². The van der Waals surface area contributed by atoms with E-state index < -0.39 is 11.7 Å². The van der Waals surface area contributed by atoms with Crippen LogP contribution in [0.4, 0.5) is 13.2 Å². The summed E-state index contributed by atoms with van der Waals surface area (Å²) in [4.78, 5) is 10.5. The van der Waals surface area contributed by atoms with Crippen molar-refractivity contribution in [1.82, 2.24) is 5.32 Å². The first-order valence-electron chi connectivity index (χ1n) is 4.76. The van der Waals surface area contributed by atoms with E-state index in [9.17, 15) is 18.0 Å². The first kappa shape index (κ1) is 12.0. The zero-order valence-electron chi connectivity index (χ0n) is 8.49. The maximum Gasteiger partial charge on any atom is 0.416 e. The summed E-state index contributed by atoms with van der Waals surface area (Å²) in [6.07, 6.45) is -3.58. The molecule has 1 N–H and O–H groups in total. The average Bonchev–Trinajstić information content (AvgIpc) is 2.76. The lowest BCUT2D eigenvalue weighted by Crippen LogP contribution is -2.20. The molecule has 17 heavy (non-hydrogen) atoms. The molecule has 1 aliphatic heterocycles. The predicted octanol–water partition coefficient (Wildman–Crippen LogP) is 2.87. The molecule has 0 spiro atoms. The van der Waals surface area contributed by atoms with Crippen molar-refractivity contribution in [1.29, 1.82) is 0 Å². The fraction of sp³-hybridized carbons (Fsp3) is 0.182. The third-order valence-corrected chi connectivity index (χ3v) is 3.17. The van der Waals surface area contributed by atoms with E-state index in [2.05, 4.69) is 5.32 Å². The molecule has 0 saturated carbocycles. The van der Waals surface area contributed by atoms with Gasteiger partial charge in [0.2, 0.25) is 0 Å². The van der Waals surface area contributed by atoms with Crippen LogP contribution in [0.25, 0.3) is 5.70 Å². The van der Waals surface area contributed by atoms with Crippen LogP contribution >= 0.6 is 11.8 Å². The van der Waals surface area contributed by atoms with Crippen molar-refractivity contribution in [3.63, 3.8) is 0 Å². The summed E-state index contributed by atoms with van der Waals surface area (Å²) in [5, 5.41) is 4.26. The lowest BCUT2D eigenvalue weighted by Gasteiger charge is -2.09. The largest absolute Gasteiger partial charge is 0.416 e. The minimum absolute atomic E-state index is 0.354. The summed E-state index contributed by atoms with van der Waals surface area (Å²) in [6, 6.07) is 4.82. The van der Waals surface area contributed by atoms with E-state index in [4.69, 9.17) is 0 Å². The fourth-order valence-electron chi connectivity index (χ4n) is 1.42. The number of hydrogen-bond acceptors (Lipinski definition) is 3. The number of carbonyl (C=O) groups excluding carboxylic acids is 1. The number of rotatable bonds is 2. The average molecular weight is 259 g/mol. The molecule has 0 bridgehead atoms. The summed E-state index contributed by atoms with van der Waals surface area (Å²) in [5.41, 5.74) is 0.620. The highest BCUT2D eigenvalue weighted by Crippen LogP contribution is 2.31. The van der Waals surface area contributed by atoms with E-state index >= 15 is 0 Å². The molecule has 0 radical (unpaired) electrons. The molecule has 1 aromatic rings. The van der Waals surface area contributed by atoms with Crippen LogP contribution in [-0.2, 0) is 11.0 Å². The van der Waals surface area contributed by atoms with Crippen molar-refractivity contribution in [3.8, 4) is 0 Å². The van der Waals surface area contributed by atoms with Crippen LogP contribution in [0.5, 0.6) is 0 Å². The second-order valence-corrected chi connectivity index (χ2v) is 4.46. The van der Waals surface area contributed by atoms with E-state index in [1.165, 1.54) is 23.9 Å². The van der Waals surface area contributed by atoms with Crippen LogP contribution in [-0.4, -0.2) is 11.7 Å². The highest BCUT2D eigenvalue weighted by atomic mass is 32.2. The van der Waals surface area contributed by atoms with Gasteiger partial charge in [0, 0.05) is 5.70 Å². The van der Waals surface area contributed by atoms with E-state index in [-0.39, 0.29) is 5.37 Å². The first-order valence-corrected chi connectivity index (χ1v) is 5.70. The normalized spacial score (nSPS) is 19.7. The predicted molar refractivity (Wildman–Crippen MR) is 60.0 cm³/mol. The molecule has 1 aliphatic rings. The third-order valence-electron chi connectivity index (χ3n) is 2.28. The quantitative estimate of drug-likeness (QED) is 0.828. The molecule has 1 atom stereocenters. The number of aldehydes is 1. The van der Waals surface area contributed by atoms with Crippen LogP contribution in [0, 0.1) is 0 Å². The van der Waals surface area contributed by atoms with Gasteiger partial charge in [0.1, 0.15) is 5.37 Å². The van der Waals surface area contributed by atoms with Gasteiger partial charge in [-0.1, -0.05) is 23.9 Å². The highest BCUT2D eigenvalue weighted by Gasteiger charge is 2.30. The molecule has 1 aromatic carbocycles. The maximum atomic E-state index is 12.3. The van der Waals surface area contributed by atoms with Crippen LogP contribution in [0.2, 0.25) is 0 Å². The first-order chi connectivity index (χ1) is 8.00. The zero-order valence-corrected chi connectivity index (χ0v) is 9.31. The van der Waals surface area contributed by atoms with Crippen LogP contribution in [0.15, 0.2) is 29.7 Å². The Morgan fingerprint density at radius 2 is 1.88 bits per heavy atom. The Morgan fingerprint density at radius 3 is 2.35 bits per heavy atom. The van der Waals surface area contributed by atoms with Gasteiger partial charge in [-0.2, -0.15) is 13.2 Å². The molecule has 90 valence electrons. The highest BCUT2D eigenvalue weighted by molar-refractivity contribution is 8.03. The third kappa shape index (κ3) is 2.63. The van der Waals surface area contributed by atoms with E-state index in [1.807, 2.05) is 0 Å². The maximum absolute atomic E-state index is 12.3. The van der Waals surface area contributed by atoms with E-state index in [0.29, 0.717) is 11.3 Å². The van der Waals surface area contributed by atoms with Gasteiger partial charge in [-0.05, 0) is 23.1 Å². The van der Waals surface area contributed by atoms with Crippen molar-refractivity contribution >= 4 is 23.7 Å². The summed E-state index contributed by atoms with van der Waals surface area (Å²) in [6.45, 7) is 0. The molecule has 2 nitrogen and oxygen atoms in total. The van der Waals surface area contributed by atoms with Gasteiger partial charge in [-0.3, -0.25) is 0 Å². The zero-order chi connectivity index (χ0) is 12.5. The smallest absolute Gasteiger partial charge is 0.366 e. The molecule has 0 amide bonds. The SMILES string of the molecule is O=CC1NC(c2ccc(C(F)(F)F)cc2)=CS1. The van der Waals surface area contributed by atoms with Crippen molar-refractivity contribution in [2.24, 2.45) is 0 Å². The number of benzene rings is 1. The van der Waals surface area contributed by atoms with E-state index in [0.717, 1.165) is 18.4 Å². The number of thioether (sulfide) groups is 1. The standard InChI is InChI=1S/C11H8F3NOS/c12-11(13,14)8-3-1-7(2-4-8)9-6-17-10(5-16)15-9/h1-6,10,15H. The van der Waals surface area contributed by atoms with E-state index in [1.54, 1.807) is 5.41 Å². The molecule has 2 rings (SSSR count). The minimum Gasteiger partial charge on any atom is -0.366 e.